The molecule has 2 aromatic rings. The molecule has 1 heterocycles. The highest BCUT2D eigenvalue weighted by atomic mass is 16.5. The Balaban J connectivity index is 2.34. The summed E-state index contributed by atoms with van der Waals surface area (Å²) in [5.74, 6) is 0. The van der Waals surface area contributed by atoms with Crippen molar-refractivity contribution in [2.75, 3.05) is 13.7 Å². The molecule has 1 aromatic heterocycles. The quantitative estimate of drug-likeness (QED) is 0.809. The van der Waals surface area contributed by atoms with Gasteiger partial charge in [-0.2, -0.15) is 5.10 Å². The minimum Gasteiger partial charge on any atom is -0.375 e. The third-order valence-electron chi connectivity index (χ3n) is 3.61. The predicted octanol–water partition coefficient (Wildman–Crippen LogP) is 3.33. The first kappa shape index (κ1) is 15.7. The van der Waals surface area contributed by atoms with Gasteiger partial charge in [-0.15, -0.1) is 0 Å². The molecule has 0 spiro atoms. The van der Waals surface area contributed by atoms with Gasteiger partial charge in [0.15, 0.2) is 0 Å². The zero-order chi connectivity index (χ0) is 15.1. The smallest absolute Gasteiger partial charge is 0.103 e. The van der Waals surface area contributed by atoms with Gasteiger partial charge in [-0.1, -0.05) is 44.2 Å². The van der Waals surface area contributed by atoms with E-state index in [1.165, 1.54) is 11.3 Å². The monoisotopic (exact) mass is 287 g/mol. The van der Waals surface area contributed by atoms with Gasteiger partial charge >= 0.3 is 0 Å². The van der Waals surface area contributed by atoms with Crippen molar-refractivity contribution >= 4 is 0 Å². The number of nitrogens with zero attached hydrogens (tertiary/aromatic N) is 2. The first-order valence-electron chi connectivity index (χ1n) is 7.64. The van der Waals surface area contributed by atoms with Gasteiger partial charge in [0.25, 0.3) is 0 Å². The normalized spacial score (nSPS) is 14.0. The van der Waals surface area contributed by atoms with Crippen molar-refractivity contribution < 1.29 is 4.74 Å². The van der Waals surface area contributed by atoms with Crippen molar-refractivity contribution in [3.63, 3.8) is 0 Å². The summed E-state index contributed by atoms with van der Waals surface area (Å²) in [5.41, 5.74) is 2.35. The van der Waals surface area contributed by atoms with Crippen LogP contribution in [0.3, 0.4) is 0 Å². The van der Waals surface area contributed by atoms with Crippen molar-refractivity contribution in [2.45, 2.75) is 39.0 Å². The number of aromatic nitrogens is 2. The van der Waals surface area contributed by atoms with Crippen LogP contribution in [0, 0.1) is 0 Å². The molecule has 0 aliphatic carbocycles. The van der Waals surface area contributed by atoms with Crippen LogP contribution in [0.5, 0.6) is 0 Å². The highest BCUT2D eigenvalue weighted by Gasteiger charge is 2.26. The third kappa shape index (κ3) is 3.71. The first-order valence-corrected chi connectivity index (χ1v) is 7.64. The number of methoxy groups -OCH3 is 1. The lowest BCUT2D eigenvalue weighted by Crippen LogP contribution is -2.30. The first-order chi connectivity index (χ1) is 10.3. The van der Waals surface area contributed by atoms with Gasteiger partial charge in [0.2, 0.25) is 0 Å². The van der Waals surface area contributed by atoms with Crippen LogP contribution >= 0.6 is 0 Å². The summed E-state index contributed by atoms with van der Waals surface area (Å²) < 4.78 is 7.88. The van der Waals surface area contributed by atoms with Gasteiger partial charge < -0.3 is 10.1 Å². The fourth-order valence-electron chi connectivity index (χ4n) is 2.70. The van der Waals surface area contributed by atoms with E-state index in [0.717, 1.165) is 19.5 Å². The van der Waals surface area contributed by atoms with E-state index in [9.17, 15) is 0 Å². The second-order valence-corrected chi connectivity index (χ2v) is 5.08. The largest absolute Gasteiger partial charge is 0.375 e. The summed E-state index contributed by atoms with van der Waals surface area (Å²) in [6, 6.07) is 12.5. The highest BCUT2D eigenvalue weighted by Crippen LogP contribution is 2.31. The van der Waals surface area contributed by atoms with E-state index in [1.54, 1.807) is 7.11 Å². The van der Waals surface area contributed by atoms with Gasteiger partial charge in [-0.3, -0.25) is 4.68 Å². The van der Waals surface area contributed by atoms with E-state index in [2.05, 4.69) is 47.1 Å². The molecule has 0 aliphatic heterocycles. The Bertz CT molecular complexity index is 524. The average Bonchev–Trinajstić information content (AvgIpc) is 2.97. The standard InChI is InChI=1S/C17H25N3O/c1-4-13-20-15(11-12-19-20)16(18-5-2)17(21-3)14-9-7-6-8-10-14/h6-12,16-18H,4-5,13H2,1-3H3. The predicted molar refractivity (Wildman–Crippen MR) is 85.1 cm³/mol. The Morgan fingerprint density at radius 2 is 1.95 bits per heavy atom. The fraction of sp³-hybridized carbons (Fsp3) is 0.471. The van der Waals surface area contributed by atoms with Crippen LogP contribution in [0.2, 0.25) is 0 Å². The van der Waals surface area contributed by atoms with E-state index >= 15 is 0 Å². The highest BCUT2D eigenvalue weighted by molar-refractivity contribution is 5.22. The van der Waals surface area contributed by atoms with E-state index in [-0.39, 0.29) is 12.1 Å². The molecule has 114 valence electrons. The maximum absolute atomic E-state index is 5.80. The number of benzene rings is 1. The van der Waals surface area contributed by atoms with Crippen molar-refractivity contribution in [1.82, 2.24) is 15.1 Å². The summed E-state index contributed by atoms with van der Waals surface area (Å²) in [6.07, 6.45) is 2.90. The maximum Gasteiger partial charge on any atom is 0.103 e. The van der Waals surface area contributed by atoms with Crippen molar-refractivity contribution in [1.29, 1.82) is 0 Å². The van der Waals surface area contributed by atoms with Crippen LogP contribution in [0.25, 0.3) is 0 Å². The molecule has 2 rings (SSSR count). The second kappa shape index (κ2) is 7.96. The summed E-state index contributed by atoms with van der Waals surface area (Å²) in [5, 5.41) is 7.99. The zero-order valence-electron chi connectivity index (χ0n) is 13.1. The van der Waals surface area contributed by atoms with Crippen molar-refractivity contribution in [2.24, 2.45) is 0 Å². The SMILES string of the molecule is CCCn1nccc1C(NCC)C(OC)c1ccccc1. The molecule has 0 bridgehead atoms. The minimum absolute atomic E-state index is 0.0292. The molecule has 0 saturated heterocycles. The molecule has 1 N–H and O–H groups in total. The van der Waals surface area contributed by atoms with E-state index in [1.807, 2.05) is 24.4 Å². The van der Waals surface area contributed by atoms with Crippen LogP contribution in [-0.4, -0.2) is 23.4 Å². The Hall–Kier alpha value is -1.65. The average molecular weight is 287 g/mol. The zero-order valence-corrected chi connectivity index (χ0v) is 13.1. The van der Waals surface area contributed by atoms with Gasteiger partial charge in [0, 0.05) is 19.9 Å². The molecular formula is C17H25N3O. The molecule has 4 nitrogen and oxygen atoms in total. The number of rotatable bonds is 8. The Kier molecular flexibility index (Phi) is 5.96. The molecular weight excluding hydrogens is 262 g/mol. The van der Waals surface area contributed by atoms with Crippen LogP contribution in [0.1, 0.15) is 43.7 Å². The van der Waals surface area contributed by atoms with Crippen LogP contribution in [0.4, 0.5) is 0 Å². The summed E-state index contributed by atoms with van der Waals surface area (Å²) >= 11 is 0. The van der Waals surface area contributed by atoms with E-state index < -0.39 is 0 Å². The third-order valence-corrected chi connectivity index (χ3v) is 3.61. The van der Waals surface area contributed by atoms with Gasteiger partial charge in [0.05, 0.1) is 11.7 Å². The lowest BCUT2D eigenvalue weighted by molar-refractivity contribution is 0.0651. The van der Waals surface area contributed by atoms with Gasteiger partial charge in [0.1, 0.15) is 6.10 Å². The number of likely N-dealkylation sites (N-methyl/N-ethyl adjacent to an activating group) is 1. The van der Waals surface area contributed by atoms with E-state index in [0.29, 0.717) is 0 Å². The van der Waals surface area contributed by atoms with Crippen LogP contribution < -0.4 is 5.32 Å². The molecule has 0 radical (unpaired) electrons. The topological polar surface area (TPSA) is 39.1 Å². The lowest BCUT2D eigenvalue weighted by Gasteiger charge is -2.28. The number of nitrogens with one attached hydrogen (secondary N) is 1. The van der Waals surface area contributed by atoms with Crippen molar-refractivity contribution in [3.8, 4) is 0 Å². The number of hydrogen-bond donors (Lipinski definition) is 1. The van der Waals surface area contributed by atoms with Gasteiger partial charge in [-0.05, 0) is 24.6 Å². The molecule has 2 unspecified atom stereocenters. The molecule has 0 amide bonds. The molecule has 0 saturated carbocycles. The molecule has 21 heavy (non-hydrogen) atoms. The molecule has 1 aromatic carbocycles. The Labute approximate surface area is 127 Å². The summed E-state index contributed by atoms with van der Waals surface area (Å²) in [4.78, 5) is 0. The summed E-state index contributed by atoms with van der Waals surface area (Å²) in [7, 11) is 1.77. The van der Waals surface area contributed by atoms with Gasteiger partial charge in [-0.25, -0.2) is 0 Å². The molecule has 0 fully saturated rings. The second-order valence-electron chi connectivity index (χ2n) is 5.08. The lowest BCUT2D eigenvalue weighted by atomic mass is 9.99. The van der Waals surface area contributed by atoms with Crippen LogP contribution in [-0.2, 0) is 11.3 Å². The number of ether oxygens (including phenoxy) is 1. The summed E-state index contributed by atoms with van der Waals surface area (Å²) in [6.45, 7) is 6.09. The van der Waals surface area contributed by atoms with E-state index in [4.69, 9.17) is 4.74 Å². The Morgan fingerprint density at radius 3 is 2.57 bits per heavy atom. The van der Waals surface area contributed by atoms with Crippen LogP contribution in [0.15, 0.2) is 42.6 Å². The molecule has 0 aliphatic rings. The minimum atomic E-state index is -0.0292. The van der Waals surface area contributed by atoms with Crippen molar-refractivity contribution in [3.05, 3.63) is 53.9 Å². The maximum atomic E-state index is 5.80. The number of hydrogen-bond acceptors (Lipinski definition) is 3. The molecule has 4 heteroatoms. The Morgan fingerprint density at radius 1 is 1.19 bits per heavy atom. The number of aryl methyl sites for hydroxylation is 1. The molecule has 2 atom stereocenters. The fourth-order valence-corrected chi connectivity index (χ4v) is 2.70.